The first-order chi connectivity index (χ1) is 10.4. The summed E-state index contributed by atoms with van der Waals surface area (Å²) >= 11 is 0. The lowest BCUT2D eigenvalue weighted by atomic mass is 9.99. The Bertz CT molecular complexity index is 590. The van der Waals surface area contributed by atoms with Crippen molar-refractivity contribution in [2.45, 2.75) is 32.2 Å². The Kier molecular flexibility index (Phi) is 5.28. The van der Waals surface area contributed by atoms with Crippen molar-refractivity contribution in [2.24, 2.45) is 0 Å². The summed E-state index contributed by atoms with van der Waals surface area (Å²) in [6, 6.07) is 12.2. The predicted octanol–water partition coefficient (Wildman–Crippen LogP) is 3.13. The first kappa shape index (κ1) is 16.2. The van der Waals surface area contributed by atoms with E-state index in [4.69, 9.17) is 0 Å². The number of phenolic OH excluding ortho intramolecular Hbond substituents is 3. The standard InChI is InChI=1S/C18H23NO3/c1-12(15-8-17(21)10-18(22)9-15)11-19-13(2)7-14-3-5-16(20)6-4-14/h3-6,8-10,12-13,19-22H,7,11H2,1-2H3/t12-,13-/m0/s1. The zero-order valence-corrected chi connectivity index (χ0v) is 13.0. The van der Waals surface area contributed by atoms with Crippen LogP contribution in [0.2, 0.25) is 0 Å². The smallest absolute Gasteiger partial charge is 0.119 e. The van der Waals surface area contributed by atoms with Gasteiger partial charge in [0.2, 0.25) is 0 Å². The molecule has 0 saturated heterocycles. The molecule has 0 aliphatic heterocycles. The Morgan fingerprint density at radius 3 is 2.05 bits per heavy atom. The van der Waals surface area contributed by atoms with Crippen LogP contribution in [0, 0.1) is 0 Å². The van der Waals surface area contributed by atoms with Crippen LogP contribution in [-0.2, 0) is 6.42 Å². The zero-order chi connectivity index (χ0) is 16.1. The summed E-state index contributed by atoms with van der Waals surface area (Å²) < 4.78 is 0. The molecule has 0 spiro atoms. The first-order valence-corrected chi connectivity index (χ1v) is 7.48. The molecular weight excluding hydrogens is 278 g/mol. The van der Waals surface area contributed by atoms with Crippen molar-refractivity contribution in [2.75, 3.05) is 6.54 Å². The Morgan fingerprint density at radius 2 is 1.45 bits per heavy atom. The molecule has 22 heavy (non-hydrogen) atoms. The van der Waals surface area contributed by atoms with Gasteiger partial charge in [-0.2, -0.15) is 0 Å². The molecule has 2 atom stereocenters. The van der Waals surface area contributed by atoms with Gasteiger partial charge in [0.15, 0.2) is 0 Å². The van der Waals surface area contributed by atoms with Gasteiger partial charge in [-0.1, -0.05) is 19.1 Å². The molecule has 0 saturated carbocycles. The molecule has 0 amide bonds. The predicted molar refractivity (Wildman–Crippen MR) is 87.5 cm³/mol. The highest BCUT2D eigenvalue weighted by molar-refractivity contribution is 5.38. The van der Waals surface area contributed by atoms with E-state index in [2.05, 4.69) is 19.2 Å². The second-order valence-corrected chi connectivity index (χ2v) is 5.86. The van der Waals surface area contributed by atoms with Crippen LogP contribution >= 0.6 is 0 Å². The van der Waals surface area contributed by atoms with Gasteiger partial charge in [0.1, 0.15) is 17.2 Å². The lowest BCUT2D eigenvalue weighted by molar-refractivity contribution is 0.446. The summed E-state index contributed by atoms with van der Waals surface area (Å²) in [5.74, 6) is 0.625. The quantitative estimate of drug-likeness (QED) is 0.661. The molecule has 0 radical (unpaired) electrons. The maximum atomic E-state index is 9.54. The minimum atomic E-state index is 0.0824. The van der Waals surface area contributed by atoms with Crippen LogP contribution in [-0.4, -0.2) is 27.9 Å². The lowest BCUT2D eigenvalue weighted by Crippen LogP contribution is -2.31. The third-order valence-corrected chi connectivity index (χ3v) is 3.74. The molecule has 0 unspecified atom stereocenters. The van der Waals surface area contributed by atoms with Crippen molar-refractivity contribution in [3.05, 3.63) is 53.6 Å². The van der Waals surface area contributed by atoms with Gasteiger partial charge in [-0.3, -0.25) is 0 Å². The van der Waals surface area contributed by atoms with Crippen LogP contribution in [0.5, 0.6) is 17.2 Å². The molecule has 0 heterocycles. The molecule has 0 aliphatic carbocycles. The number of rotatable bonds is 6. The van der Waals surface area contributed by atoms with Gasteiger partial charge in [0.25, 0.3) is 0 Å². The molecule has 118 valence electrons. The molecule has 2 rings (SSSR count). The van der Waals surface area contributed by atoms with Crippen molar-refractivity contribution >= 4 is 0 Å². The normalized spacial score (nSPS) is 13.7. The van der Waals surface area contributed by atoms with Crippen molar-refractivity contribution < 1.29 is 15.3 Å². The second-order valence-electron chi connectivity index (χ2n) is 5.86. The molecule has 0 aromatic heterocycles. The van der Waals surface area contributed by atoms with Crippen LogP contribution in [0.25, 0.3) is 0 Å². The second kappa shape index (κ2) is 7.18. The summed E-state index contributed by atoms with van der Waals surface area (Å²) in [7, 11) is 0. The average molecular weight is 301 g/mol. The van der Waals surface area contributed by atoms with E-state index in [1.807, 2.05) is 12.1 Å². The lowest BCUT2D eigenvalue weighted by Gasteiger charge is -2.18. The molecule has 4 N–H and O–H groups in total. The van der Waals surface area contributed by atoms with Crippen LogP contribution < -0.4 is 5.32 Å². The number of nitrogens with one attached hydrogen (secondary N) is 1. The molecular formula is C18H23NO3. The van der Waals surface area contributed by atoms with E-state index in [0.717, 1.165) is 18.5 Å². The first-order valence-electron chi connectivity index (χ1n) is 7.48. The van der Waals surface area contributed by atoms with E-state index in [1.54, 1.807) is 24.3 Å². The van der Waals surface area contributed by atoms with Crippen LogP contribution in [0.1, 0.15) is 30.9 Å². The Balaban J connectivity index is 1.87. The number of hydrogen-bond donors (Lipinski definition) is 4. The fourth-order valence-electron chi connectivity index (χ4n) is 2.46. The van der Waals surface area contributed by atoms with Gasteiger partial charge in [0.05, 0.1) is 0 Å². The minimum Gasteiger partial charge on any atom is -0.508 e. The fourth-order valence-corrected chi connectivity index (χ4v) is 2.46. The monoisotopic (exact) mass is 301 g/mol. The van der Waals surface area contributed by atoms with Crippen molar-refractivity contribution in [3.8, 4) is 17.2 Å². The summed E-state index contributed by atoms with van der Waals surface area (Å²) in [6.45, 7) is 4.91. The van der Waals surface area contributed by atoms with Gasteiger partial charge in [0, 0.05) is 18.7 Å². The molecule has 4 nitrogen and oxygen atoms in total. The van der Waals surface area contributed by atoms with Gasteiger partial charge in [-0.15, -0.1) is 0 Å². The average Bonchev–Trinajstić information content (AvgIpc) is 2.46. The molecule has 2 aromatic carbocycles. The molecule has 0 aliphatic rings. The highest BCUT2D eigenvalue weighted by Gasteiger charge is 2.10. The third-order valence-electron chi connectivity index (χ3n) is 3.74. The van der Waals surface area contributed by atoms with E-state index >= 15 is 0 Å². The van der Waals surface area contributed by atoms with E-state index in [0.29, 0.717) is 0 Å². The Morgan fingerprint density at radius 1 is 0.864 bits per heavy atom. The van der Waals surface area contributed by atoms with Gasteiger partial charge in [-0.05, 0) is 54.7 Å². The summed E-state index contributed by atoms with van der Waals surface area (Å²) in [5, 5.41) is 31.8. The Hall–Kier alpha value is -2.20. The van der Waals surface area contributed by atoms with Gasteiger partial charge >= 0.3 is 0 Å². The van der Waals surface area contributed by atoms with Crippen molar-refractivity contribution in [3.63, 3.8) is 0 Å². The zero-order valence-electron chi connectivity index (χ0n) is 13.0. The van der Waals surface area contributed by atoms with Crippen molar-refractivity contribution in [1.82, 2.24) is 5.32 Å². The maximum Gasteiger partial charge on any atom is 0.119 e. The Labute approximate surface area is 131 Å². The summed E-state index contributed by atoms with van der Waals surface area (Å²) in [5.41, 5.74) is 2.07. The largest absolute Gasteiger partial charge is 0.508 e. The highest BCUT2D eigenvalue weighted by Crippen LogP contribution is 2.25. The molecule has 2 aromatic rings. The SMILES string of the molecule is C[C@@H](Cc1ccc(O)cc1)NC[C@H](C)c1cc(O)cc(O)c1. The summed E-state index contributed by atoms with van der Waals surface area (Å²) in [4.78, 5) is 0. The number of benzene rings is 2. The van der Waals surface area contributed by atoms with E-state index < -0.39 is 0 Å². The topological polar surface area (TPSA) is 72.7 Å². The molecule has 0 fully saturated rings. The van der Waals surface area contributed by atoms with Gasteiger partial charge < -0.3 is 20.6 Å². The van der Waals surface area contributed by atoms with Crippen LogP contribution in [0.3, 0.4) is 0 Å². The third kappa shape index (κ3) is 4.67. The van der Waals surface area contributed by atoms with Gasteiger partial charge in [-0.25, -0.2) is 0 Å². The van der Waals surface area contributed by atoms with E-state index in [9.17, 15) is 15.3 Å². The number of aromatic hydroxyl groups is 3. The highest BCUT2D eigenvalue weighted by atomic mass is 16.3. The van der Waals surface area contributed by atoms with Crippen LogP contribution in [0.4, 0.5) is 0 Å². The van der Waals surface area contributed by atoms with Crippen molar-refractivity contribution in [1.29, 1.82) is 0 Å². The van der Waals surface area contributed by atoms with E-state index in [1.165, 1.54) is 11.6 Å². The van der Waals surface area contributed by atoms with E-state index in [-0.39, 0.29) is 29.2 Å². The summed E-state index contributed by atoms with van der Waals surface area (Å²) in [6.07, 6.45) is 0.873. The van der Waals surface area contributed by atoms with Crippen LogP contribution in [0.15, 0.2) is 42.5 Å². The maximum absolute atomic E-state index is 9.54. The molecule has 0 bridgehead atoms. The molecule has 4 heteroatoms. The number of phenols is 3. The minimum absolute atomic E-state index is 0.0824. The fraction of sp³-hybridized carbons (Fsp3) is 0.333. The number of hydrogen-bond acceptors (Lipinski definition) is 4.